The van der Waals surface area contributed by atoms with Gasteiger partial charge in [0, 0.05) is 5.69 Å². The van der Waals surface area contributed by atoms with E-state index in [9.17, 15) is 0 Å². The van der Waals surface area contributed by atoms with E-state index in [2.05, 4.69) is 82.8 Å². The Bertz CT molecular complexity index is 1180. The van der Waals surface area contributed by atoms with Crippen LogP contribution in [0.3, 0.4) is 0 Å². The molecule has 3 aromatic carbocycles. The highest BCUT2D eigenvalue weighted by molar-refractivity contribution is 5.92. The Hall–Kier alpha value is -3.93. The minimum atomic E-state index is 0.404. The van der Waals surface area contributed by atoms with Crippen molar-refractivity contribution in [3.63, 3.8) is 0 Å². The number of anilines is 1. The van der Waals surface area contributed by atoms with Gasteiger partial charge in [0.2, 0.25) is 0 Å². The zero-order valence-corrected chi connectivity index (χ0v) is 17.8. The van der Waals surface area contributed by atoms with Crippen molar-refractivity contribution in [2.75, 3.05) is 5.32 Å². The number of aryl methyl sites for hydroxylation is 2. The topological polar surface area (TPSA) is 81.1 Å². The average Bonchev–Trinajstić information content (AvgIpc) is 3.29. The van der Waals surface area contributed by atoms with Crippen LogP contribution in [-0.4, -0.2) is 20.7 Å². The maximum atomic E-state index is 6.14. The van der Waals surface area contributed by atoms with Crippen LogP contribution in [0.15, 0.2) is 84.4 Å². The number of nitrogens with two attached hydrogens (primary N) is 1. The van der Waals surface area contributed by atoms with Gasteiger partial charge in [0.1, 0.15) is 12.7 Å². The molecule has 1 aromatic heterocycles. The fraction of sp³-hybridized carbons (Fsp3) is 0.160. The first kappa shape index (κ1) is 20.3. The normalized spacial score (nSPS) is 11.5. The van der Waals surface area contributed by atoms with E-state index in [4.69, 9.17) is 5.73 Å². The van der Waals surface area contributed by atoms with Crippen molar-refractivity contribution in [3.05, 3.63) is 102 Å². The van der Waals surface area contributed by atoms with Gasteiger partial charge in [-0.1, -0.05) is 54.6 Å². The first-order chi connectivity index (χ1) is 15.1. The zero-order chi connectivity index (χ0) is 21.6. The summed E-state index contributed by atoms with van der Waals surface area (Å²) in [5.74, 6) is 0.404. The Labute approximate surface area is 182 Å². The standard InChI is InChI=1S/C25H26N6/c1-18-7-12-23(13-19(18)2)30-25(26)28-14-22-5-3-4-6-24(22)21-10-8-20(9-11-21)15-31-17-27-16-29-31/h3-13,16-17H,14-15H2,1-2H3,(H3,26,28,30). The smallest absolute Gasteiger partial charge is 0.193 e. The van der Waals surface area contributed by atoms with Crippen LogP contribution in [0, 0.1) is 13.8 Å². The van der Waals surface area contributed by atoms with Gasteiger partial charge in [0.05, 0.1) is 13.1 Å². The molecule has 156 valence electrons. The van der Waals surface area contributed by atoms with Crippen molar-refractivity contribution in [1.82, 2.24) is 14.8 Å². The van der Waals surface area contributed by atoms with Crippen LogP contribution in [0.5, 0.6) is 0 Å². The fourth-order valence-electron chi connectivity index (χ4n) is 3.41. The van der Waals surface area contributed by atoms with E-state index in [0.29, 0.717) is 19.0 Å². The molecule has 31 heavy (non-hydrogen) atoms. The van der Waals surface area contributed by atoms with Gasteiger partial charge in [-0.25, -0.2) is 14.7 Å². The molecule has 4 rings (SSSR count). The molecule has 0 saturated carbocycles. The molecule has 0 bridgehead atoms. The summed E-state index contributed by atoms with van der Waals surface area (Å²) in [6.45, 7) is 5.38. The molecule has 0 fully saturated rings. The Balaban J connectivity index is 1.47. The van der Waals surface area contributed by atoms with Gasteiger partial charge in [0.15, 0.2) is 5.96 Å². The highest BCUT2D eigenvalue weighted by atomic mass is 15.3. The van der Waals surface area contributed by atoms with Gasteiger partial charge in [0.25, 0.3) is 0 Å². The van der Waals surface area contributed by atoms with Crippen LogP contribution >= 0.6 is 0 Å². The first-order valence-electron chi connectivity index (χ1n) is 10.2. The van der Waals surface area contributed by atoms with Crippen molar-refractivity contribution in [1.29, 1.82) is 0 Å². The molecular formula is C25H26N6. The third kappa shape index (κ3) is 5.17. The van der Waals surface area contributed by atoms with E-state index < -0.39 is 0 Å². The van der Waals surface area contributed by atoms with E-state index in [0.717, 1.165) is 22.4 Å². The van der Waals surface area contributed by atoms with Gasteiger partial charge < -0.3 is 11.1 Å². The Morgan fingerprint density at radius 1 is 1.00 bits per heavy atom. The fourth-order valence-corrected chi connectivity index (χ4v) is 3.41. The summed E-state index contributed by atoms with van der Waals surface area (Å²) in [4.78, 5) is 8.55. The van der Waals surface area contributed by atoms with E-state index in [1.165, 1.54) is 16.7 Å². The number of aliphatic imine (C=N–C) groups is 1. The molecule has 0 aliphatic rings. The molecule has 0 aliphatic carbocycles. The summed E-state index contributed by atoms with van der Waals surface area (Å²) in [7, 11) is 0. The molecule has 1 heterocycles. The minimum Gasteiger partial charge on any atom is -0.370 e. The van der Waals surface area contributed by atoms with Crippen LogP contribution < -0.4 is 11.1 Å². The molecule has 0 atom stereocenters. The molecule has 0 unspecified atom stereocenters. The second kappa shape index (κ2) is 9.26. The summed E-state index contributed by atoms with van der Waals surface area (Å²) >= 11 is 0. The van der Waals surface area contributed by atoms with Crippen LogP contribution in [0.25, 0.3) is 11.1 Å². The Morgan fingerprint density at radius 2 is 1.81 bits per heavy atom. The van der Waals surface area contributed by atoms with Gasteiger partial charge in [-0.2, -0.15) is 5.10 Å². The van der Waals surface area contributed by atoms with Crippen molar-refractivity contribution in [2.45, 2.75) is 26.9 Å². The quantitative estimate of drug-likeness (QED) is 0.361. The summed E-state index contributed by atoms with van der Waals surface area (Å²) < 4.78 is 1.81. The predicted octanol–water partition coefficient (Wildman–Crippen LogP) is 4.54. The molecule has 0 radical (unpaired) electrons. The Morgan fingerprint density at radius 3 is 2.55 bits per heavy atom. The molecule has 0 amide bonds. The third-order valence-electron chi connectivity index (χ3n) is 5.29. The van der Waals surface area contributed by atoms with E-state index >= 15 is 0 Å². The highest BCUT2D eigenvalue weighted by Gasteiger charge is 2.06. The number of hydrogen-bond acceptors (Lipinski definition) is 3. The molecule has 0 aliphatic heterocycles. The van der Waals surface area contributed by atoms with E-state index in [-0.39, 0.29) is 0 Å². The van der Waals surface area contributed by atoms with Crippen molar-refractivity contribution in [2.24, 2.45) is 10.7 Å². The monoisotopic (exact) mass is 410 g/mol. The van der Waals surface area contributed by atoms with Gasteiger partial charge in [-0.15, -0.1) is 0 Å². The summed E-state index contributed by atoms with van der Waals surface area (Å²) in [5.41, 5.74) is 14.1. The number of aromatic nitrogens is 3. The zero-order valence-electron chi connectivity index (χ0n) is 17.8. The summed E-state index contributed by atoms with van der Waals surface area (Å²) in [5, 5.41) is 7.34. The summed E-state index contributed by atoms with van der Waals surface area (Å²) in [6, 6.07) is 22.9. The van der Waals surface area contributed by atoms with Crippen LogP contribution in [0.4, 0.5) is 5.69 Å². The van der Waals surface area contributed by atoms with Gasteiger partial charge in [-0.05, 0) is 59.4 Å². The Kier molecular flexibility index (Phi) is 6.08. The molecule has 0 saturated heterocycles. The first-order valence-corrected chi connectivity index (χ1v) is 10.2. The number of nitrogens with zero attached hydrogens (tertiary/aromatic N) is 4. The van der Waals surface area contributed by atoms with Crippen molar-refractivity contribution < 1.29 is 0 Å². The lowest BCUT2D eigenvalue weighted by atomic mass is 9.98. The maximum absolute atomic E-state index is 6.14. The van der Waals surface area contributed by atoms with Crippen LogP contribution in [-0.2, 0) is 13.1 Å². The number of hydrogen-bond donors (Lipinski definition) is 2. The van der Waals surface area contributed by atoms with Gasteiger partial charge >= 0.3 is 0 Å². The minimum absolute atomic E-state index is 0.404. The maximum Gasteiger partial charge on any atom is 0.193 e. The lowest BCUT2D eigenvalue weighted by Gasteiger charge is -2.11. The number of benzene rings is 3. The van der Waals surface area contributed by atoms with E-state index in [1.807, 2.05) is 22.9 Å². The lowest BCUT2D eigenvalue weighted by molar-refractivity contribution is 0.685. The SMILES string of the molecule is Cc1ccc(NC(N)=NCc2ccccc2-c2ccc(Cn3cncn3)cc2)cc1C. The van der Waals surface area contributed by atoms with Crippen LogP contribution in [0.2, 0.25) is 0 Å². The van der Waals surface area contributed by atoms with Gasteiger partial charge in [-0.3, -0.25) is 0 Å². The predicted molar refractivity (Wildman–Crippen MR) is 126 cm³/mol. The number of nitrogens with one attached hydrogen (secondary N) is 1. The third-order valence-corrected chi connectivity index (χ3v) is 5.29. The molecule has 6 nitrogen and oxygen atoms in total. The molecule has 0 spiro atoms. The number of guanidine groups is 1. The second-order valence-corrected chi connectivity index (χ2v) is 7.57. The largest absolute Gasteiger partial charge is 0.370 e. The molecule has 3 N–H and O–H groups in total. The second-order valence-electron chi connectivity index (χ2n) is 7.57. The average molecular weight is 411 g/mol. The molecular weight excluding hydrogens is 384 g/mol. The lowest BCUT2D eigenvalue weighted by Crippen LogP contribution is -2.22. The molecule has 4 aromatic rings. The molecule has 6 heteroatoms. The highest BCUT2D eigenvalue weighted by Crippen LogP contribution is 2.25. The summed E-state index contributed by atoms with van der Waals surface area (Å²) in [6.07, 6.45) is 3.27. The van der Waals surface area contributed by atoms with Crippen molar-refractivity contribution >= 4 is 11.6 Å². The van der Waals surface area contributed by atoms with Crippen LogP contribution in [0.1, 0.15) is 22.3 Å². The number of rotatable bonds is 6. The van der Waals surface area contributed by atoms with Crippen molar-refractivity contribution in [3.8, 4) is 11.1 Å². The van der Waals surface area contributed by atoms with E-state index in [1.54, 1.807) is 12.7 Å².